The van der Waals surface area contributed by atoms with E-state index < -0.39 is 64.8 Å². The molecule has 3 N–H and O–H groups in total. The Morgan fingerprint density at radius 3 is 2.23 bits per heavy atom. The van der Waals surface area contributed by atoms with Crippen molar-refractivity contribution in [1.82, 2.24) is 15.5 Å². The van der Waals surface area contributed by atoms with Crippen molar-refractivity contribution in [2.24, 2.45) is 5.92 Å². The summed E-state index contributed by atoms with van der Waals surface area (Å²) < 4.78 is 14.4. The van der Waals surface area contributed by atoms with Crippen LogP contribution < -0.4 is 10.6 Å². The minimum Gasteiger partial charge on any atom is -0.477 e. The zero-order valence-corrected chi connectivity index (χ0v) is 21.6. The summed E-state index contributed by atoms with van der Waals surface area (Å²) >= 11 is 1.02. The Morgan fingerprint density at radius 1 is 1.08 bits per heavy atom. The van der Waals surface area contributed by atoms with E-state index in [0.717, 1.165) is 16.7 Å². The predicted octanol–water partition coefficient (Wildman–Crippen LogP) is -0.545. The molecule has 1 aromatic rings. The number of esters is 2. The fourth-order valence-corrected chi connectivity index (χ4v) is 5.18. The minimum absolute atomic E-state index is 0.0988. The molecule has 2 unspecified atom stereocenters. The van der Waals surface area contributed by atoms with Crippen molar-refractivity contribution in [3.05, 3.63) is 47.3 Å². The average molecular weight is 564 g/mol. The van der Waals surface area contributed by atoms with Crippen LogP contribution in [0.3, 0.4) is 0 Å². The Hall–Kier alpha value is -4.40. The van der Waals surface area contributed by atoms with Crippen molar-refractivity contribution < 1.29 is 52.9 Å². The lowest BCUT2D eigenvalue weighted by molar-refractivity contribution is -0.164. The summed E-state index contributed by atoms with van der Waals surface area (Å²) in [5, 5.41) is 13.7. The molecule has 208 valence electrons. The number of nitrogens with one attached hydrogen (secondary N) is 2. The van der Waals surface area contributed by atoms with Crippen LogP contribution in [0.1, 0.15) is 25.5 Å². The number of aliphatic carboxylic acids is 1. The summed E-state index contributed by atoms with van der Waals surface area (Å²) in [7, 11) is 0. The Labute approximate surface area is 226 Å². The second kappa shape index (κ2) is 12.9. The largest absolute Gasteiger partial charge is 0.477 e. The number of amides is 3. The molecule has 0 saturated carbocycles. The van der Waals surface area contributed by atoms with Gasteiger partial charge in [0.1, 0.15) is 11.4 Å². The highest BCUT2D eigenvalue weighted by Gasteiger charge is 2.55. The normalized spacial score (nSPS) is 18.7. The highest BCUT2D eigenvalue weighted by atomic mass is 32.2. The standard InChI is InChI=1S/C24H25N3O11S/c1-3-36-23(34)14(24(35)37-4-2)18(29)25-13-10-39-21-15(20(31)27(21)16(13)22(32)33)26-19(30)17(38-11-28)12-8-6-5-7-9-12/h5-9,11,14-15,17,21H,3-4,10H2,1-2H3,(H,25,29)(H,26,30)(H,32,33)/t15?,17?,21-/m1/s1. The van der Waals surface area contributed by atoms with E-state index in [-0.39, 0.29) is 31.1 Å². The molecular weight excluding hydrogens is 538 g/mol. The van der Waals surface area contributed by atoms with E-state index >= 15 is 0 Å². The number of carbonyl (C=O) groups is 7. The first kappa shape index (κ1) is 29.2. The van der Waals surface area contributed by atoms with Gasteiger partial charge in [-0.1, -0.05) is 30.3 Å². The first-order valence-corrected chi connectivity index (χ1v) is 12.7. The third-order valence-corrected chi connectivity index (χ3v) is 6.86. The second-order valence-electron chi connectivity index (χ2n) is 7.98. The van der Waals surface area contributed by atoms with Crippen LogP contribution in [0.2, 0.25) is 0 Å². The molecule has 2 aliphatic rings. The number of rotatable bonds is 12. The van der Waals surface area contributed by atoms with Crippen molar-refractivity contribution in [2.45, 2.75) is 31.4 Å². The average Bonchev–Trinajstić information content (AvgIpc) is 2.90. The number of thioether (sulfide) groups is 1. The molecule has 0 aliphatic carbocycles. The van der Waals surface area contributed by atoms with Crippen LogP contribution in [0.15, 0.2) is 41.7 Å². The van der Waals surface area contributed by atoms with Crippen molar-refractivity contribution in [2.75, 3.05) is 19.0 Å². The van der Waals surface area contributed by atoms with Gasteiger partial charge in [0.15, 0.2) is 5.70 Å². The number of β-lactam (4-membered cyclic amide) rings is 1. The van der Waals surface area contributed by atoms with Crippen molar-refractivity contribution in [3.8, 4) is 0 Å². The van der Waals surface area contributed by atoms with Crippen LogP contribution in [0.4, 0.5) is 0 Å². The van der Waals surface area contributed by atoms with Gasteiger partial charge in [0.05, 0.1) is 18.9 Å². The molecule has 3 atom stereocenters. The molecule has 0 radical (unpaired) electrons. The highest BCUT2D eigenvalue weighted by Crippen LogP contribution is 2.40. The Kier molecular flexibility index (Phi) is 9.65. The summed E-state index contributed by atoms with van der Waals surface area (Å²) in [5.74, 6) is -8.87. The maximum absolute atomic E-state index is 12.9. The van der Waals surface area contributed by atoms with E-state index in [4.69, 9.17) is 14.2 Å². The second-order valence-corrected chi connectivity index (χ2v) is 9.08. The molecule has 39 heavy (non-hydrogen) atoms. The van der Waals surface area contributed by atoms with E-state index in [2.05, 4.69) is 10.6 Å². The first-order valence-electron chi connectivity index (χ1n) is 11.7. The van der Waals surface area contributed by atoms with Crippen LogP contribution in [-0.2, 0) is 47.8 Å². The number of hydrogen-bond acceptors (Lipinski definition) is 11. The number of carboxylic acids is 1. The van der Waals surface area contributed by atoms with Gasteiger partial charge in [0.25, 0.3) is 18.3 Å². The van der Waals surface area contributed by atoms with Crippen LogP contribution in [0.5, 0.6) is 0 Å². The third-order valence-electron chi connectivity index (χ3n) is 5.58. The number of fused-ring (bicyclic) bond motifs is 1. The Balaban J connectivity index is 1.80. The van der Waals surface area contributed by atoms with Gasteiger partial charge in [-0.2, -0.15) is 0 Å². The lowest BCUT2D eigenvalue weighted by Gasteiger charge is -2.49. The monoisotopic (exact) mass is 563 g/mol. The lowest BCUT2D eigenvalue weighted by atomic mass is 10.0. The highest BCUT2D eigenvalue weighted by molar-refractivity contribution is 8.00. The van der Waals surface area contributed by atoms with E-state index in [1.54, 1.807) is 30.3 Å². The summed E-state index contributed by atoms with van der Waals surface area (Å²) in [4.78, 5) is 87.0. The molecule has 0 spiro atoms. The number of carbonyl (C=O) groups excluding carboxylic acids is 6. The van der Waals surface area contributed by atoms with Crippen LogP contribution in [-0.4, -0.2) is 82.5 Å². The predicted molar refractivity (Wildman–Crippen MR) is 131 cm³/mol. The summed E-state index contributed by atoms with van der Waals surface area (Å²) in [5.41, 5.74) is -0.467. The van der Waals surface area contributed by atoms with Gasteiger partial charge >= 0.3 is 17.9 Å². The van der Waals surface area contributed by atoms with E-state index in [1.807, 2.05) is 0 Å². The number of nitrogens with zero attached hydrogens (tertiary/aromatic N) is 1. The summed E-state index contributed by atoms with van der Waals surface area (Å²) in [6, 6.07) is 6.91. The Bertz CT molecular complexity index is 1180. The number of hydrogen-bond donors (Lipinski definition) is 3. The molecule has 1 saturated heterocycles. The fourth-order valence-electron chi connectivity index (χ4n) is 3.90. The summed E-state index contributed by atoms with van der Waals surface area (Å²) in [6.07, 6.45) is -1.34. The topological polar surface area (TPSA) is 195 Å². The maximum Gasteiger partial charge on any atom is 0.354 e. The number of carboxylic acid groups (broad SMARTS) is 1. The molecule has 3 amide bonds. The molecule has 2 aliphatic heterocycles. The van der Waals surface area contributed by atoms with Gasteiger partial charge in [-0.3, -0.25) is 33.7 Å². The van der Waals surface area contributed by atoms with Gasteiger partial charge < -0.3 is 30.0 Å². The molecule has 15 heteroatoms. The molecule has 1 fully saturated rings. The molecule has 0 bridgehead atoms. The lowest BCUT2D eigenvalue weighted by Crippen LogP contribution is -2.71. The SMILES string of the molecule is CCOC(=O)C(C(=O)NC1=C(C(=O)O)N2C(=O)C(NC(=O)C(OC=O)c3ccccc3)[C@H]2SC1)C(=O)OCC. The summed E-state index contributed by atoms with van der Waals surface area (Å²) in [6.45, 7) is 2.79. The van der Waals surface area contributed by atoms with Gasteiger partial charge in [-0.25, -0.2) is 4.79 Å². The van der Waals surface area contributed by atoms with Crippen LogP contribution in [0, 0.1) is 5.92 Å². The van der Waals surface area contributed by atoms with E-state index in [9.17, 15) is 38.7 Å². The fraction of sp³-hybridized carbons (Fsp3) is 0.375. The van der Waals surface area contributed by atoms with Crippen molar-refractivity contribution in [3.63, 3.8) is 0 Å². The van der Waals surface area contributed by atoms with E-state index in [0.29, 0.717) is 5.56 Å². The van der Waals surface area contributed by atoms with Crippen LogP contribution in [0.25, 0.3) is 0 Å². The van der Waals surface area contributed by atoms with Crippen molar-refractivity contribution in [1.29, 1.82) is 0 Å². The van der Waals surface area contributed by atoms with E-state index in [1.165, 1.54) is 13.8 Å². The molecule has 14 nitrogen and oxygen atoms in total. The zero-order chi connectivity index (χ0) is 28.7. The number of benzene rings is 1. The number of ether oxygens (including phenoxy) is 3. The van der Waals surface area contributed by atoms with Gasteiger partial charge in [0, 0.05) is 11.3 Å². The smallest absolute Gasteiger partial charge is 0.354 e. The van der Waals surface area contributed by atoms with Gasteiger partial charge in [0.2, 0.25) is 17.9 Å². The molecule has 0 aromatic heterocycles. The molecule has 1 aromatic carbocycles. The zero-order valence-electron chi connectivity index (χ0n) is 20.8. The van der Waals surface area contributed by atoms with Crippen molar-refractivity contribution >= 4 is 53.9 Å². The molecule has 2 heterocycles. The molecular formula is C24H25N3O11S. The van der Waals surface area contributed by atoms with Gasteiger partial charge in [-0.15, -0.1) is 11.8 Å². The van der Waals surface area contributed by atoms with Crippen LogP contribution >= 0.6 is 11.8 Å². The molecule has 3 rings (SSSR count). The van der Waals surface area contributed by atoms with Gasteiger partial charge in [-0.05, 0) is 13.8 Å². The third kappa shape index (κ3) is 6.19. The quantitative estimate of drug-likeness (QED) is 0.0967. The first-order chi connectivity index (χ1) is 18.7. The maximum atomic E-state index is 12.9. The Morgan fingerprint density at radius 2 is 1.69 bits per heavy atom. The minimum atomic E-state index is -2.01.